The van der Waals surface area contributed by atoms with Crippen LogP contribution in [0.3, 0.4) is 0 Å². The van der Waals surface area contributed by atoms with Gasteiger partial charge in [-0.1, -0.05) is 6.07 Å². The Balaban J connectivity index is 1.28. The quantitative estimate of drug-likeness (QED) is 0.253. The molecule has 1 aliphatic rings. The fourth-order valence-electron chi connectivity index (χ4n) is 6.33. The maximum atomic E-state index is 13.9. The summed E-state index contributed by atoms with van der Waals surface area (Å²) in [6, 6.07) is 19.2. The maximum Gasteiger partial charge on any atom is 0.261 e. The minimum Gasteiger partial charge on any atom is -0.495 e. The van der Waals surface area contributed by atoms with Crippen LogP contribution in [0.25, 0.3) is 45.0 Å². The van der Waals surface area contributed by atoms with Crippen LogP contribution < -0.4 is 16.0 Å². The van der Waals surface area contributed by atoms with E-state index in [0.29, 0.717) is 55.6 Å². The van der Waals surface area contributed by atoms with Gasteiger partial charge in [0.25, 0.3) is 5.56 Å². The van der Waals surface area contributed by atoms with Crippen LogP contribution in [-0.2, 0) is 6.42 Å². The molecule has 12 heteroatoms. The molecule has 1 atom stereocenters. The predicted octanol–water partition coefficient (Wildman–Crippen LogP) is 5.58. The van der Waals surface area contributed by atoms with Gasteiger partial charge in [-0.2, -0.15) is 5.10 Å². The minimum absolute atomic E-state index is 0.0759. The van der Waals surface area contributed by atoms with Gasteiger partial charge in [-0.15, -0.1) is 0 Å². The molecule has 5 aromatic heterocycles. The first-order chi connectivity index (χ1) is 21.9. The number of fused-ring (bicyclic) bond motifs is 3. The number of hydrogen-bond donors (Lipinski definition) is 1. The summed E-state index contributed by atoms with van der Waals surface area (Å²) in [5.74, 6) is 2.98. The molecule has 0 saturated heterocycles. The lowest BCUT2D eigenvalue weighted by atomic mass is 10.1. The highest BCUT2D eigenvalue weighted by Gasteiger charge is 2.28. The molecule has 0 amide bonds. The van der Waals surface area contributed by atoms with E-state index < -0.39 is 0 Å². The normalized spacial score (nSPS) is 14.3. The Morgan fingerprint density at radius 1 is 1.00 bits per heavy atom. The molecule has 1 aliphatic carbocycles. The largest absolute Gasteiger partial charge is 0.495 e. The van der Waals surface area contributed by atoms with Crippen molar-refractivity contribution in [2.75, 3.05) is 12.8 Å². The zero-order valence-electron chi connectivity index (χ0n) is 24.3. The van der Waals surface area contributed by atoms with E-state index >= 15 is 0 Å². The SMILES string of the molecule is COc1cc2nc(C)n([C@H]3CCc4cc(-n5c(-c6cccnc6N)nc6ccc(-n7cccn7)nc65)ccc43)c(=O)c2cc1Br. The van der Waals surface area contributed by atoms with E-state index in [4.69, 9.17) is 25.4 Å². The maximum absolute atomic E-state index is 13.9. The van der Waals surface area contributed by atoms with E-state index in [-0.39, 0.29) is 11.6 Å². The summed E-state index contributed by atoms with van der Waals surface area (Å²) >= 11 is 3.52. The number of methoxy groups -OCH3 is 1. The topological polar surface area (TPSA) is 132 Å². The van der Waals surface area contributed by atoms with Crippen LogP contribution in [0.4, 0.5) is 5.82 Å². The van der Waals surface area contributed by atoms with Crippen LogP contribution in [0.5, 0.6) is 5.75 Å². The summed E-state index contributed by atoms with van der Waals surface area (Å²) in [6.07, 6.45) is 6.81. The van der Waals surface area contributed by atoms with Gasteiger partial charge in [-0.3, -0.25) is 13.9 Å². The number of benzene rings is 2. The van der Waals surface area contributed by atoms with E-state index in [1.54, 1.807) is 36.3 Å². The van der Waals surface area contributed by atoms with E-state index in [1.165, 1.54) is 0 Å². The van der Waals surface area contributed by atoms with E-state index in [1.807, 2.05) is 58.7 Å². The average Bonchev–Trinajstić information content (AvgIpc) is 3.80. The van der Waals surface area contributed by atoms with Crippen molar-refractivity contribution in [3.8, 4) is 28.6 Å². The van der Waals surface area contributed by atoms with Gasteiger partial charge in [-0.05, 0) is 95.4 Å². The molecule has 0 saturated carbocycles. The van der Waals surface area contributed by atoms with Crippen LogP contribution in [0.1, 0.15) is 29.4 Å². The second-order valence-corrected chi connectivity index (χ2v) is 11.8. The van der Waals surface area contributed by atoms with E-state index in [2.05, 4.69) is 38.1 Å². The zero-order valence-corrected chi connectivity index (χ0v) is 25.9. The van der Waals surface area contributed by atoms with Gasteiger partial charge in [0.15, 0.2) is 17.3 Å². The zero-order chi connectivity index (χ0) is 30.8. The second-order valence-electron chi connectivity index (χ2n) is 10.9. The Labute approximate surface area is 265 Å². The summed E-state index contributed by atoms with van der Waals surface area (Å²) in [5.41, 5.74) is 12.1. The minimum atomic E-state index is -0.142. The first-order valence-corrected chi connectivity index (χ1v) is 15.2. The van der Waals surface area contributed by atoms with Gasteiger partial charge in [0, 0.05) is 30.3 Å². The molecule has 0 spiro atoms. The molecule has 45 heavy (non-hydrogen) atoms. The molecular formula is C33H26BrN9O2. The van der Waals surface area contributed by atoms with Crippen molar-refractivity contribution in [1.82, 2.24) is 38.9 Å². The fraction of sp³-hybridized carbons (Fsp3) is 0.152. The summed E-state index contributed by atoms with van der Waals surface area (Å²) in [6.45, 7) is 1.88. The van der Waals surface area contributed by atoms with Crippen LogP contribution >= 0.6 is 15.9 Å². The van der Waals surface area contributed by atoms with Crippen LogP contribution in [0.2, 0.25) is 0 Å². The van der Waals surface area contributed by atoms with Gasteiger partial charge >= 0.3 is 0 Å². The van der Waals surface area contributed by atoms with Gasteiger partial charge in [0.05, 0.1) is 34.1 Å². The van der Waals surface area contributed by atoms with Crippen molar-refractivity contribution in [3.05, 3.63) is 111 Å². The highest BCUT2D eigenvalue weighted by atomic mass is 79.9. The lowest BCUT2D eigenvalue weighted by Crippen LogP contribution is -2.27. The van der Waals surface area contributed by atoms with Crippen LogP contribution in [0.15, 0.2) is 88.5 Å². The number of nitrogen functional groups attached to an aromatic ring is 1. The Morgan fingerprint density at radius 2 is 1.89 bits per heavy atom. The number of halogens is 1. The molecule has 8 rings (SSSR count). The number of ether oxygens (including phenoxy) is 1. The third-order valence-electron chi connectivity index (χ3n) is 8.40. The van der Waals surface area contributed by atoms with Gasteiger partial charge < -0.3 is 10.5 Å². The number of rotatable bonds is 5. The molecule has 5 heterocycles. The number of imidazole rings is 1. The highest BCUT2D eigenvalue weighted by molar-refractivity contribution is 9.10. The van der Waals surface area contributed by atoms with Crippen LogP contribution in [0, 0.1) is 6.92 Å². The first kappa shape index (κ1) is 27.2. The van der Waals surface area contributed by atoms with Crippen molar-refractivity contribution in [2.24, 2.45) is 0 Å². The number of nitrogens with zero attached hydrogens (tertiary/aromatic N) is 8. The molecule has 7 aromatic rings. The standard InChI is InChI=1S/C33H26BrN9O2/c1-18-38-26-17-28(45-2)24(34)16-23(26)33(44)42(18)27-10-6-19-15-20(7-8-21(19)27)43-31(22-5-3-12-36-30(22)35)39-25-9-11-29(40-32(25)43)41-14-4-13-37-41/h3-5,7-9,11-17,27H,6,10H2,1-2H3,(H2,35,36)/t27-/m0/s1. The molecule has 0 radical (unpaired) electrons. The van der Waals surface area contributed by atoms with Crippen molar-refractivity contribution in [1.29, 1.82) is 0 Å². The molecular weight excluding hydrogens is 634 g/mol. The van der Waals surface area contributed by atoms with Crippen molar-refractivity contribution in [2.45, 2.75) is 25.8 Å². The number of pyridine rings is 2. The van der Waals surface area contributed by atoms with Crippen molar-refractivity contribution >= 4 is 43.8 Å². The number of aromatic nitrogens is 8. The highest BCUT2D eigenvalue weighted by Crippen LogP contribution is 2.38. The Kier molecular flexibility index (Phi) is 6.27. The molecule has 11 nitrogen and oxygen atoms in total. The smallest absolute Gasteiger partial charge is 0.261 e. The summed E-state index contributed by atoms with van der Waals surface area (Å²) in [4.78, 5) is 32.9. The number of nitrogens with two attached hydrogens (primary N) is 1. The second kappa shape index (κ2) is 10.4. The van der Waals surface area contributed by atoms with Crippen molar-refractivity contribution in [3.63, 3.8) is 0 Å². The lowest BCUT2D eigenvalue weighted by molar-refractivity contribution is 0.412. The monoisotopic (exact) mass is 659 g/mol. The summed E-state index contributed by atoms with van der Waals surface area (Å²) in [7, 11) is 1.60. The van der Waals surface area contributed by atoms with Crippen molar-refractivity contribution < 1.29 is 4.74 Å². The van der Waals surface area contributed by atoms with Crippen LogP contribution in [-0.4, -0.2) is 46.0 Å². The third-order valence-corrected chi connectivity index (χ3v) is 9.02. The average molecular weight is 661 g/mol. The molecule has 2 N–H and O–H groups in total. The number of aryl methyl sites for hydroxylation is 2. The molecule has 0 bridgehead atoms. The molecule has 0 fully saturated rings. The van der Waals surface area contributed by atoms with E-state index in [0.717, 1.165) is 35.2 Å². The number of anilines is 1. The lowest BCUT2D eigenvalue weighted by Gasteiger charge is -2.19. The predicted molar refractivity (Wildman–Crippen MR) is 175 cm³/mol. The first-order valence-electron chi connectivity index (χ1n) is 14.4. The molecule has 222 valence electrons. The third kappa shape index (κ3) is 4.32. The van der Waals surface area contributed by atoms with E-state index in [9.17, 15) is 4.79 Å². The summed E-state index contributed by atoms with van der Waals surface area (Å²) in [5, 5.41) is 4.90. The van der Waals surface area contributed by atoms with Gasteiger partial charge in [-0.25, -0.2) is 24.6 Å². The van der Waals surface area contributed by atoms with Gasteiger partial charge in [0.2, 0.25) is 0 Å². The molecule has 0 aliphatic heterocycles. The molecule has 0 unspecified atom stereocenters. The Morgan fingerprint density at radius 3 is 2.69 bits per heavy atom. The Hall–Kier alpha value is -5.36. The fourth-order valence-corrected chi connectivity index (χ4v) is 6.84. The summed E-state index contributed by atoms with van der Waals surface area (Å²) < 4.78 is 11.7. The van der Waals surface area contributed by atoms with Gasteiger partial charge in [0.1, 0.15) is 22.9 Å². The Bertz CT molecular complexity index is 2340. The number of hydrogen-bond acceptors (Lipinski definition) is 8. The molecule has 2 aromatic carbocycles.